The van der Waals surface area contributed by atoms with E-state index in [0.29, 0.717) is 6.54 Å². The van der Waals surface area contributed by atoms with Gasteiger partial charge in [-0.1, -0.05) is 37.3 Å². The predicted molar refractivity (Wildman–Crippen MR) is 68.8 cm³/mol. The maximum absolute atomic E-state index is 11.4. The van der Waals surface area contributed by atoms with Gasteiger partial charge in [0.1, 0.15) is 5.82 Å². The van der Waals surface area contributed by atoms with E-state index < -0.39 is 0 Å². The van der Waals surface area contributed by atoms with Gasteiger partial charge in [0.25, 0.3) is 0 Å². The Bertz CT molecular complexity index is 520. The average molecular weight is 244 g/mol. The van der Waals surface area contributed by atoms with Gasteiger partial charge >= 0.3 is 5.97 Å². The maximum Gasteiger partial charge on any atom is 0.310 e. The third kappa shape index (κ3) is 2.59. The molecule has 0 radical (unpaired) electrons. The summed E-state index contributed by atoms with van der Waals surface area (Å²) in [5, 5.41) is 0. The molecule has 2 aromatic rings. The van der Waals surface area contributed by atoms with Gasteiger partial charge in [0.05, 0.1) is 13.0 Å². The molecule has 0 aliphatic heterocycles. The molecule has 0 bridgehead atoms. The third-order valence-electron chi connectivity index (χ3n) is 2.82. The Morgan fingerprint density at radius 1 is 1.39 bits per heavy atom. The molecule has 18 heavy (non-hydrogen) atoms. The van der Waals surface area contributed by atoms with Gasteiger partial charge in [0.2, 0.25) is 0 Å². The van der Waals surface area contributed by atoms with E-state index in [9.17, 15) is 4.79 Å². The fraction of sp³-hybridized carbons (Fsp3) is 0.286. The molecule has 4 heteroatoms. The van der Waals surface area contributed by atoms with Gasteiger partial charge in [-0.05, 0) is 0 Å². The summed E-state index contributed by atoms with van der Waals surface area (Å²) in [6, 6.07) is 9.91. The standard InChI is InChI=1S/C14H16N2O2/c1-11(14(17)18-2)10-16-9-8-15-13(16)12-6-4-3-5-7-12/h3-9,11H,10H2,1-2H3. The minimum atomic E-state index is -0.206. The van der Waals surface area contributed by atoms with Crippen molar-refractivity contribution in [3.63, 3.8) is 0 Å². The molecule has 1 aromatic heterocycles. The summed E-state index contributed by atoms with van der Waals surface area (Å²) >= 11 is 0. The highest BCUT2D eigenvalue weighted by atomic mass is 16.5. The molecule has 0 N–H and O–H groups in total. The Morgan fingerprint density at radius 3 is 2.78 bits per heavy atom. The summed E-state index contributed by atoms with van der Waals surface area (Å²) in [5.74, 6) is 0.473. The van der Waals surface area contributed by atoms with Gasteiger partial charge in [-0.2, -0.15) is 0 Å². The van der Waals surface area contributed by atoms with Crippen LogP contribution in [0, 0.1) is 5.92 Å². The molecule has 1 atom stereocenters. The highest BCUT2D eigenvalue weighted by Gasteiger charge is 2.15. The fourth-order valence-electron chi connectivity index (χ4n) is 1.87. The Morgan fingerprint density at radius 2 is 2.11 bits per heavy atom. The Hall–Kier alpha value is -2.10. The SMILES string of the molecule is COC(=O)C(C)Cn1ccnc1-c1ccccc1. The second-order valence-electron chi connectivity index (χ2n) is 4.19. The van der Waals surface area contributed by atoms with Crippen molar-refractivity contribution >= 4 is 5.97 Å². The van der Waals surface area contributed by atoms with Crippen molar-refractivity contribution in [2.75, 3.05) is 7.11 Å². The van der Waals surface area contributed by atoms with Gasteiger partial charge in [-0.15, -0.1) is 0 Å². The number of methoxy groups -OCH3 is 1. The molecule has 0 aliphatic carbocycles. The van der Waals surface area contributed by atoms with Crippen molar-refractivity contribution in [1.82, 2.24) is 9.55 Å². The first-order chi connectivity index (χ1) is 8.72. The quantitative estimate of drug-likeness (QED) is 0.775. The first-order valence-electron chi connectivity index (χ1n) is 5.86. The number of carbonyl (C=O) groups excluding carboxylic acids is 1. The molecule has 94 valence electrons. The van der Waals surface area contributed by atoms with Gasteiger partial charge in [-0.3, -0.25) is 4.79 Å². The Balaban J connectivity index is 2.21. The largest absolute Gasteiger partial charge is 0.469 e. The Labute approximate surface area is 106 Å². The van der Waals surface area contributed by atoms with E-state index in [2.05, 4.69) is 4.98 Å². The van der Waals surface area contributed by atoms with E-state index in [1.165, 1.54) is 7.11 Å². The molecule has 1 heterocycles. The molecule has 1 unspecified atom stereocenters. The fourth-order valence-corrected chi connectivity index (χ4v) is 1.87. The molecular weight excluding hydrogens is 228 g/mol. The molecule has 0 aliphatic rings. The van der Waals surface area contributed by atoms with Crippen molar-refractivity contribution in [1.29, 1.82) is 0 Å². The normalized spacial score (nSPS) is 12.1. The second-order valence-corrected chi connectivity index (χ2v) is 4.19. The first-order valence-corrected chi connectivity index (χ1v) is 5.86. The van der Waals surface area contributed by atoms with E-state index in [1.54, 1.807) is 6.20 Å². The number of imidazole rings is 1. The van der Waals surface area contributed by atoms with Crippen LogP contribution >= 0.6 is 0 Å². The lowest BCUT2D eigenvalue weighted by Gasteiger charge is -2.12. The minimum absolute atomic E-state index is 0.188. The lowest BCUT2D eigenvalue weighted by Crippen LogP contribution is -2.18. The van der Waals surface area contributed by atoms with Crippen LogP contribution in [0.15, 0.2) is 42.7 Å². The molecule has 0 spiro atoms. The molecule has 0 saturated heterocycles. The van der Waals surface area contributed by atoms with Crippen LogP contribution in [0.5, 0.6) is 0 Å². The van der Waals surface area contributed by atoms with Crippen LogP contribution in [0.3, 0.4) is 0 Å². The number of benzene rings is 1. The van der Waals surface area contributed by atoms with E-state index in [-0.39, 0.29) is 11.9 Å². The summed E-state index contributed by atoms with van der Waals surface area (Å²) in [5.41, 5.74) is 1.04. The number of ether oxygens (including phenoxy) is 1. The van der Waals surface area contributed by atoms with Crippen LogP contribution < -0.4 is 0 Å². The van der Waals surface area contributed by atoms with Gasteiger partial charge in [0.15, 0.2) is 0 Å². The highest BCUT2D eigenvalue weighted by molar-refractivity contribution is 5.71. The number of esters is 1. The van der Waals surface area contributed by atoms with Gasteiger partial charge in [-0.25, -0.2) is 4.98 Å². The smallest absolute Gasteiger partial charge is 0.310 e. The van der Waals surface area contributed by atoms with Crippen LogP contribution in [0.4, 0.5) is 0 Å². The van der Waals surface area contributed by atoms with E-state index in [1.807, 2.05) is 48.0 Å². The predicted octanol–water partition coefficient (Wildman–Crippen LogP) is 2.36. The topological polar surface area (TPSA) is 44.1 Å². The van der Waals surface area contributed by atoms with E-state index in [4.69, 9.17) is 4.74 Å². The zero-order valence-electron chi connectivity index (χ0n) is 10.5. The van der Waals surface area contributed by atoms with Crippen LogP contribution in [-0.4, -0.2) is 22.6 Å². The number of rotatable bonds is 4. The van der Waals surface area contributed by atoms with Crippen molar-refractivity contribution in [2.45, 2.75) is 13.5 Å². The summed E-state index contributed by atoms with van der Waals surface area (Å²) < 4.78 is 6.70. The first kappa shape index (κ1) is 12.4. The van der Waals surface area contributed by atoms with Crippen LogP contribution in [0.25, 0.3) is 11.4 Å². The average Bonchev–Trinajstić information content (AvgIpc) is 2.86. The minimum Gasteiger partial charge on any atom is -0.469 e. The molecule has 2 rings (SSSR count). The number of carbonyl (C=O) groups is 1. The number of hydrogen-bond donors (Lipinski definition) is 0. The van der Waals surface area contributed by atoms with Gasteiger partial charge < -0.3 is 9.30 Å². The molecule has 0 saturated carbocycles. The Kier molecular flexibility index (Phi) is 3.77. The van der Waals surface area contributed by atoms with Crippen molar-refractivity contribution in [2.24, 2.45) is 5.92 Å². The summed E-state index contributed by atoms with van der Waals surface area (Å²) in [4.78, 5) is 15.8. The molecular formula is C14H16N2O2. The molecule has 0 amide bonds. The zero-order valence-corrected chi connectivity index (χ0v) is 10.5. The molecule has 0 fully saturated rings. The van der Waals surface area contributed by atoms with Crippen molar-refractivity contribution in [3.8, 4) is 11.4 Å². The summed E-state index contributed by atoms with van der Waals surface area (Å²) in [6.45, 7) is 2.41. The monoisotopic (exact) mass is 244 g/mol. The number of nitrogens with zero attached hydrogens (tertiary/aromatic N) is 2. The maximum atomic E-state index is 11.4. The van der Waals surface area contributed by atoms with Crippen LogP contribution in [-0.2, 0) is 16.1 Å². The van der Waals surface area contributed by atoms with Crippen LogP contribution in [0.1, 0.15) is 6.92 Å². The van der Waals surface area contributed by atoms with Crippen molar-refractivity contribution in [3.05, 3.63) is 42.7 Å². The molecule has 1 aromatic carbocycles. The lowest BCUT2D eigenvalue weighted by molar-refractivity contribution is -0.145. The zero-order chi connectivity index (χ0) is 13.0. The summed E-state index contributed by atoms with van der Waals surface area (Å²) in [7, 11) is 1.41. The van der Waals surface area contributed by atoms with Crippen LogP contribution in [0.2, 0.25) is 0 Å². The van der Waals surface area contributed by atoms with E-state index >= 15 is 0 Å². The highest BCUT2D eigenvalue weighted by Crippen LogP contribution is 2.18. The second kappa shape index (κ2) is 5.49. The number of hydrogen-bond acceptors (Lipinski definition) is 3. The summed E-state index contributed by atoms with van der Waals surface area (Å²) in [6.07, 6.45) is 3.62. The van der Waals surface area contributed by atoms with Gasteiger partial charge in [0, 0.05) is 24.5 Å². The van der Waals surface area contributed by atoms with Crippen molar-refractivity contribution < 1.29 is 9.53 Å². The third-order valence-corrected chi connectivity index (χ3v) is 2.82. The lowest BCUT2D eigenvalue weighted by atomic mass is 10.1. The number of aromatic nitrogens is 2. The van der Waals surface area contributed by atoms with E-state index in [0.717, 1.165) is 11.4 Å². The molecule has 4 nitrogen and oxygen atoms in total.